The van der Waals surface area contributed by atoms with Crippen molar-refractivity contribution in [3.8, 4) is 0 Å². The van der Waals surface area contributed by atoms with Crippen molar-refractivity contribution in [2.75, 3.05) is 0 Å². The third-order valence-electron chi connectivity index (χ3n) is 3.71. The molecule has 1 aromatic heterocycles. The second-order valence-electron chi connectivity index (χ2n) is 5.28. The molecule has 2 N–H and O–H groups in total. The minimum atomic E-state index is -0.393. The number of nitrogens with one attached hydrogen (secondary N) is 1. The lowest BCUT2D eigenvalue weighted by atomic mass is 9.64. The van der Waals surface area contributed by atoms with Crippen LogP contribution in [0.4, 0.5) is 0 Å². The van der Waals surface area contributed by atoms with E-state index in [-0.39, 0.29) is 28.6 Å². The molecule has 0 aromatic carbocycles. The van der Waals surface area contributed by atoms with Crippen LogP contribution in [0.1, 0.15) is 30.8 Å². The number of rotatable bonds is 2. The van der Waals surface area contributed by atoms with E-state index in [1.54, 1.807) is 0 Å². The summed E-state index contributed by atoms with van der Waals surface area (Å²) in [5.74, 6) is -0.324. The first-order valence-corrected chi connectivity index (χ1v) is 5.85. The fourth-order valence-electron chi connectivity index (χ4n) is 2.00. The lowest BCUT2D eigenvalue weighted by molar-refractivity contribution is -0.0690. The van der Waals surface area contributed by atoms with Gasteiger partial charge >= 0.3 is 0 Å². The normalized spacial score (nSPS) is 25.3. The van der Waals surface area contributed by atoms with Crippen LogP contribution in [0.5, 0.6) is 0 Å². The van der Waals surface area contributed by atoms with Gasteiger partial charge in [-0.15, -0.1) is 0 Å². The number of carbonyl (C=O) groups is 1. The predicted octanol–water partition coefficient (Wildman–Crippen LogP) is -0.331. The number of hydrogen-bond donors (Lipinski definition) is 2. The molecule has 0 aliphatic heterocycles. The van der Waals surface area contributed by atoms with Crippen LogP contribution in [0.15, 0.2) is 16.9 Å². The van der Waals surface area contributed by atoms with Crippen LogP contribution < -0.4 is 10.9 Å². The summed E-state index contributed by atoms with van der Waals surface area (Å²) in [4.78, 5) is 23.1. The molecule has 1 amide bonds. The average Bonchev–Trinajstić information content (AvgIpc) is 2.32. The zero-order chi connectivity index (χ0) is 13.5. The number of hydrogen-bond acceptors (Lipinski definition) is 4. The quantitative estimate of drug-likeness (QED) is 0.753. The molecule has 1 aliphatic carbocycles. The van der Waals surface area contributed by atoms with Crippen LogP contribution in [0.2, 0.25) is 0 Å². The van der Waals surface area contributed by atoms with Crippen LogP contribution in [-0.2, 0) is 7.05 Å². The van der Waals surface area contributed by atoms with Crippen LogP contribution in [0.3, 0.4) is 0 Å². The van der Waals surface area contributed by atoms with Crippen molar-refractivity contribution in [1.82, 2.24) is 15.1 Å². The SMILES string of the molecule is Cn1nc(C(=O)NC2CC(O)C2(C)C)ccc1=O. The van der Waals surface area contributed by atoms with Gasteiger partial charge in [0.1, 0.15) is 5.69 Å². The standard InChI is InChI=1S/C12H17N3O3/c1-12(2)8(6-9(12)16)13-11(18)7-4-5-10(17)15(3)14-7/h4-5,8-9,16H,6H2,1-3H3,(H,13,18). The molecule has 6 nitrogen and oxygen atoms in total. The maximum Gasteiger partial charge on any atom is 0.271 e. The number of aryl methyl sites for hydroxylation is 1. The second-order valence-corrected chi connectivity index (χ2v) is 5.28. The summed E-state index contributed by atoms with van der Waals surface area (Å²) in [5, 5.41) is 16.3. The third kappa shape index (κ3) is 2.03. The molecule has 18 heavy (non-hydrogen) atoms. The molecule has 1 aromatic rings. The number of amides is 1. The highest BCUT2D eigenvalue weighted by atomic mass is 16.3. The van der Waals surface area contributed by atoms with Crippen molar-refractivity contribution >= 4 is 5.91 Å². The van der Waals surface area contributed by atoms with Crippen LogP contribution >= 0.6 is 0 Å². The summed E-state index contributed by atoms with van der Waals surface area (Å²) in [6, 6.07) is 2.64. The van der Waals surface area contributed by atoms with Crippen molar-refractivity contribution in [3.05, 3.63) is 28.2 Å². The Hall–Kier alpha value is -1.69. The molecular formula is C12H17N3O3. The first kappa shape index (κ1) is 12.8. The van der Waals surface area contributed by atoms with Gasteiger partial charge in [0.05, 0.1) is 6.10 Å². The van der Waals surface area contributed by atoms with Crippen molar-refractivity contribution < 1.29 is 9.90 Å². The van der Waals surface area contributed by atoms with Gasteiger partial charge in [-0.3, -0.25) is 9.59 Å². The average molecular weight is 251 g/mol. The van der Waals surface area contributed by atoms with E-state index in [2.05, 4.69) is 10.4 Å². The number of aromatic nitrogens is 2. The molecule has 2 unspecified atom stereocenters. The van der Waals surface area contributed by atoms with Crippen LogP contribution in [0.25, 0.3) is 0 Å². The van der Waals surface area contributed by atoms with Crippen molar-refractivity contribution in [2.24, 2.45) is 12.5 Å². The number of carbonyl (C=O) groups excluding carboxylic acids is 1. The fraction of sp³-hybridized carbons (Fsp3) is 0.583. The van der Waals surface area contributed by atoms with E-state index in [1.807, 2.05) is 13.8 Å². The highest BCUT2D eigenvalue weighted by Crippen LogP contribution is 2.40. The molecule has 0 radical (unpaired) electrons. The molecule has 0 bridgehead atoms. The summed E-state index contributed by atoms with van der Waals surface area (Å²) in [5.41, 5.74) is -0.378. The summed E-state index contributed by atoms with van der Waals surface area (Å²) in [7, 11) is 1.50. The van der Waals surface area contributed by atoms with E-state index < -0.39 is 6.10 Å². The van der Waals surface area contributed by atoms with E-state index in [9.17, 15) is 14.7 Å². The number of nitrogens with zero attached hydrogens (tertiary/aromatic N) is 2. The lowest BCUT2D eigenvalue weighted by Gasteiger charge is -2.49. The Labute approximate surface area is 105 Å². The molecule has 98 valence electrons. The topological polar surface area (TPSA) is 84.2 Å². The van der Waals surface area contributed by atoms with E-state index in [1.165, 1.54) is 19.2 Å². The van der Waals surface area contributed by atoms with Gasteiger partial charge in [-0.1, -0.05) is 13.8 Å². The molecule has 0 spiro atoms. The number of aliphatic hydroxyl groups excluding tert-OH is 1. The highest BCUT2D eigenvalue weighted by molar-refractivity contribution is 5.92. The Kier molecular flexibility index (Phi) is 2.98. The lowest BCUT2D eigenvalue weighted by Crippen LogP contribution is -2.61. The molecule has 1 fully saturated rings. The summed E-state index contributed by atoms with van der Waals surface area (Å²) in [6.07, 6.45) is 0.153. The molecule has 1 heterocycles. The van der Waals surface area contributed by atoms with Gasteiger partial charge in [-0.2, -0.15) is 5.10 Å². The fourth-order valence-corrected chi connectivity index (χ4v) is 2.00. The van der Waals surface area contributed by atoms with E-state index in [0.29, 0.717) is 6.42 Å². The molecule has 1 saturated carbocycles. The smallest absolute Gasteiger partial charge is 0.271 e. The molecule has 6 heteroatoms. The Morgan fingerprint density at radius 2 is 2.22 bits per heavy atom. The van der Waals surface area contributed by atoms with Gasteiger partial charge in [-0.25, -0.2) is 4.68 Å². The van der Waals surface area contributed by atoms with E-state index >= 15 is 0 Å². The highest BCUT2D eigenvalue weighted by Gasteiger charge is 2.48. The molecule has 1 aliphatic rings. The largest absolute Gasteiger partial charge is 0.392 e. The summed E-state index contributed by atoms with van der Waals surface area (Å²) in [6.45, 7) is 3.81. The molecule has 2 atom stereocenters. The minimum absolute atomic E-state index is 0.0703. The Morgan fingerprint density at radius 1 is 1.56 bits per heavy atom. The van der Waals surface area contributed by atoms with Gasteiger partial charge in [0.2, 0.25) is 0 Å². The minimum Gasteiger partial charge on any atom is -0.392 e. The summed E-state index contributed by atoms with van der Waals surface area (Å²) < 4.78 is 1.12. The van der Waals surface area contributed by atoms with Gasteiger partial charge in [0.15, 0.2) is 0 Å². The third-order valence-corrected chi connectivity index (χ3v) is 3.71. The van der Waals surface area contributed by atoms with Gasteiger partial charge in [-0.05, 0) is 12.5 Å². The van der Waals surface area contributed by atoms with E-state index in [0.717, 1.165) is 4.68 Å². The zero-order valence-electron chi connectivity index (χ0n) is 10.7. The second kappa shape index (κ2) is 4.20. The monoisotopic (exact) mass is 251 g/mol. The van der Waals surface area contributed by atoms with Crippen LogP contribution in [0, 0.1) is 5.41 Å². The first-order valence-electron chi connectivity index (χ1n) is 5.85. The Morgan fingerprint density at radius 3 is 2.72 bits per heavy atom. The van der Waals surface area contributed by atoms with Gasteiger partial charge in [0, 0.05) is 24.6 Å². The van der Waals surface area contributed by atoms with Crippen molar-refractivity contribution in [1.29, 1.82) is 0 Å². The van der Waals surface area contributed by atoms with Crippen LogP contribution in [-0.4, -0.2) is 32.9 Å². The molecular weight excluding hydrogens is 234 g/mol. The predicted molar refractivity (Wildman–Crippen MR) is 65.1 cm³/mol. The first-order chi connectivity index (χ1) is 8.32. The van der Waals surface area contributed by atoms with E-state index in [4.69, 9.17) is 0 Å². The maximum absolute atomic E-state index is 11.9. The summed E-state index contributed by atoms with van der Waals surface area (Å²) >= 11 is 0. The van der Waals surface area contributed by atoms with Crippen molar-refractivity contribution in [3.63, 3.8) is 0 Å². The Bertz CT molecular complexity index is 536. The molecule has 0 saturated heterocycles. The number of aliphatic hydroxyl groups is 1. The van der Waals surface area contributed by atoms with Gasteiger partial charge in [0.25, 0.3) is 11.5 Å². The van der Waals surface area contributed by atoms with Crippen molar-refractivity contribution in [2.45, 2.75) is 32.4 Å². The van der Waals surface area contributed by atoms with Gasteiger partial charge < -0.3 is 10.4 Å². The zero-order valence-corrected chi connectivity index (χ0v) is 10.7. The Balaban J connectivity index is 2.09. The molecule has 2 rings (SSSR count). The maximum atomic E-state index is 11.9.